The molecule has 1 aromatic carbocycles. The van der Waals surface area contributed by atoms with Crippen LogP contribution in [0.2, 0.25) is 0 Å². The highest BCUT2D eigenvalue weighted by molar-refractivity contribution is 7.98. The van der Waals surface area contributed by atoms with Gasteiger partial charge in [-0.2, -0.15) is 5.10 Å². The summed E-state index contributed by atoms with van der Waals surface area (Å²) >= 11 is 1.53. The maximum Gasteiger partial charge on any atom is 0.208 e. The Morgan fingerprint density at radius 2 is 2.27 bits per heavy atom. The molecule has 2 heterocycles. The Bertz CT molecular complexity index is 753. The molecule has 114 valence electrons. The fourth-order valence-electron chi connectivity index (χ4n) is 1.99. The number of nitrogens with one attached hydrogen (secondary N) is 1. The monoisotopic (exact) mass is 316 g/mol. The predicted molar refractivity (Wildman–Crippen MR) is 82.8 cm³/mol. The van der Waals surface area contributed by atoms with Gasteiger partial charge in [0, 0.05) is 0 Å². The molecule has 0 aliphatic heterocycles. The van der Waals surface area contributed by atoms with Gasteiger partial charge in [-0.1, -0.05) is 23.9 Å². The first-order valence-electron chi connectivity index (χ1n) is 6.76. The first-order chi connectivity index (χ1) is 10.7. The SMILES string of the molecule is COc1cccc(Cn2ncnc2CSc2n[nH]c(C)n2)c1. The van der Waals surface area contributed by atoms with Crippen molar-refractivity contribution in [2.24, 2.45) is 0 Å². The number of hydrogen-bond donors (Lipinski definition) is 1. The molecule has 22 heavy (non-hydrogen) atoms. The smallest absolute Gasteiger partial charge is 0.208 e. The third-order valence-corrected chi connectivity index (χ3v) is 3.91. The summed E-state index contributed by atoms with van der Waals surface area (Å²) < 4.78 is 7.12. The lowest BCUT2D eigenvalue weighted by Gasteiger charge is -2.07. The summed E-state index contributed by atoms with van der Waals surface area (Å²) in [6.07, 6.45) is 1.57. The highest BCUT2D eigenvalue weighted by Crippen LogP contribution is 2.19. The Balaban J connectivity index is 1.68. The lowest BCUT2D eigenvalue weighted by molar-refractivity contribution is 0.414. The summed E-state index contributed by atoms with van der Waals surface area (Å²) in [5.74, 6) is 3.20. The van der Waals surface area contributed by atoms with Gasteiger partial charge in [-0.25, -0.2) is 14.6 Å². The van der Waals surface area contributed by atoms with Crippen LogP contribution >= 0.6 is 11.8 Å². The van der Waals surface area contributed by atoms with Crippen LogP contribution in [0.4, 0.5) is 0 Å². The van der Waals surface area contributed by atoms with E-state index in [2.05, 4.69) is 25.3 Å². The molecule has 3 aromatic rings. The van der Waals surface area contributed by atoms with Crippen molar-refractivity contribution >= 4 is 11.8 Å². The second-order valence-electron chi connectivity index (χ2n) is 4.68. The van der Waals surface area contributed by atoms with Gasteiger partial charge in [0.25, 0.3) is 0 Å². The van der Waals surface area contributed by atoms with Gasteiger partial charge in [0.05, 0.1) is 19.4 Å². The van der Waals surface area contributed by atoms with Gasteiger partial charge < -0.3 is 4.74 Å². The molecule has 0 unspecified atom stereocenters. The molecule has 8 heteroatoms. The largest absolute Gasteiger partial charge is 0.497 e. The predicted octanol–water partition coefficient (Wildman–Crippen LogP) is 2.05. The van der Waals surface area contributed by atoms with Crippen LogP contribution in [0.3, 0.4) is 0 Å². The average molecular weight is 316 g/mol. The Labute approximate surface area is 132 Å². The van der Waals surface area contributed by atoms with Gasteiger partial charge in [-0.3, -0.25) is 5.10 Å². The summed E-state index contributed by atoms with van der Waals surface area (Å²) in [7, 11) is 1.66. The maximum atomic E-state index is 5.24. The second-order valence-corrected chi connectivity index (χ2v) is 5.62. The Morgan fingerprint density at radius 3 is 3.05 bits per heavy atom. The van der Waals surface area contributed by atoms with E-state index in [1.54, 1.807) is 13.4 Å². The number of aromatic nitrogens is 6. The van der Waals surface area contributed by atoms with E-state index in [9.17, 15) is 0 Å². The van der Waals surface area contributed by atoms with Crippen molar-refractivity contribution in [1.29, 1.82) is 0 Å². The van der Waals surface area contributed by atoms with Crippen molar-refractivity contribution < 1.29 is 4.74 Å². The number of aryl methyl sites for hydroxylation is 1. The van der Waals surface area contributed by atoms with Gasteiger partial charge in [0.2, 0.25) is 5.16 Å². The summed E-state index contributed by atoms with van der Waals surface area (Å²) in [5, 5.41) is 11.9. The molecule has 1 N–H and O–H groups in total. The van der Waals surface area contributed by atoms with Crippen molar-refractivity contribution in [2.45, 2.75) is 24.4 Å². The molecule has 0 saturated heterocycles. The number of methoxy groups -OCH3 is 1. The van der Waals surface area contributed by atoms with Gasteiger partial charge >= 0.3 is 0 Å². The molecule has 0 aliphatic rings. The molecule has 0 spiro atoms. The Kier molecular flexibility index (Phi) is 4.38. The maximum absolute atomic E-state index is 5.24. The first-order valence-corrected chi connectivity index (χ1v) is 7.74. The number of ether oxygens (including phenoxy) is 1. The van der Waals surface area contributed by atoms with Crippen LogP contribution in [0.15, 0.2) is 35.7 Å². The van der Waals surface area contributed by atoms with Crippen LogP contribution in [0.25, 0.3) is 0 Å². The molecule has 0 amide bonds. The third-order valence-electron chi connectivity index (χ3n) is 3.07. The van der Waals surface area contributed by atoms with E-state index < -0.39 is 0 Å². The van der Waals surface area contributed by atoms with Crippen molar-refractivity contribution in [3.63, 3.8) is 0 Å². The van der Waals surface area contributed by atoms with Gasteiger partial charge in [0.15, 0.2) is 0 Å². The number of H-pyrrole nitrogens is 1. The zero-order chi connectivity index (χ0) is 15.4. The molecule has 0 saturated carbocycles. The Hall–Kier alpha value is -2.35. The number of rotatable bonds is 6. The fourth-order valence-corrected chi connectivity index (χ4v) is 2.78. The molecular formula is C14H16N6OS. The molecule has 0 fully saturated rings. The van der Waals surface area contributed by atoms with Crippen LogP contribution in [-0.4, -0.2) is 37.1 Å². The van der Waals surface area contributed by atoms with Gasteiger partial charge in [-0.05, 0) is 24.6 Å². The summed E-state index contributed by atoms with van der Waals surface area (Å²) in [5.41, 5.74) is 1.12. The minimum atomic E-state index is 0.653. The normalized spacial score (nSPS) is 10.8. The Morgan fingerprint density at radius 1 is 1.36 bits per heavy atom. The second kappa shape index (κ2) is 6.61. The van der Waals surface area contributed by atoms with Gasteiger partial charge in [0.1, 0.15) is 23.7 Å². The zero-order valence-corrected chi connectivity index (χ0v) is 13.2. The number of benzene rings is 1. The molecule has 3 rings (SSSR count). The topological polar surface area (TPSA) is 81.5 Å². The lowest BCUT2D eigenvalue weighted by atomic mass is 10.2. The molecule has 0 atom stereocenters. The van der Waals surface area contributed by atoms with E-state index in [1.807, 2.05) is 35.9 Å². The fraction of sp³-hybridized carbons (Fsp3) is 0.286. The molecule has 0 radical (unpaired) electrons. The van der Waals surface area contributed by atoms with E-state index in [0.717, 1.165) is 23.0 Å². The number of aromatic amines is 1. The number of hydrogen-bond acceptors (Lipinski definition) is 6. The molecule has 0 bridgehead atoms. The van der Waals surface area contributed by atoms with Crippen molar-refractivity contribution in [3.05, 3.63) is 47.8 Å². The van der Waals surface area contributed by atoms with E-state index in [1.165, 1.54) is 11.8 Å². The average Bonchev–Trinajstić information content (AvgIpc) is 3.14. The van der Waals surface area contributed by atoms with E-state index >= 15 is 0 Å². The number of thioether (sulfide) groups is 1. The van der Waals surface area contributed by atoms with Crippen molar-refractivity contribution in [2.75, 3.05) is 7.11 Å². The highest BCUT2D eigenvalue weighted by atomic mass is 32.2. The van der Waals surface area contributed by atoms with Crippen LogP contribution in [0, 0.1) is 6.92 Å². The highest BCUT2D eigenvalue weighted by Gasteiger charge is 2.08. The quantitative estimate of drug-likeness (QED) is 0.701. The first kappa shape index (κ1) is 14.6. The van der Waals surface area contributed by atoms with Crippen LogP contribution in [0.1, 0.15) is 17.2 Å². The van der Waals surface area contributed by atoms with E-state index in [0.29, 0.717) is 17.5 Å². The minimum absolute atomic E-state index is 0.653. The minimum Gasteiger partial charge on any atom is -0.497 e. The van der Waals surface area contributed by atoms with E-state index in [4.69, 9.17) is 4.74 Å². The summed E-state index contributed by atoms with van der Waals surface area (Å²) in [6.45, 7) is 2.53. The summed E-state index contributed by atoms with van der Waals surface area (Å²) in [4.78, 5) is 8.58. The standard InChI is InChI=1S/C14H16N6OS/c1-10-17-14(19-18-10)22-8-13-15-9-16-20(13)7-11-4-3-5-12(6-11)21-2/h3-6,9H,7-8H2,1-2H3,(H,17,18,19). The molecule has 7 nitrogen and oxygen atoms in total. The molecule has 0 aliphatic carbocycles. The third kappa shape index (κ3) is 3.45. The van der Waals surface area contributed by atoms with Crippen LogP contribution in [0.5, 0.6) is 5.75 Å². The lowest BCUT2D eigenvalue weighted by Crippen LogP contribution is -2.06. The zero-order valence-electron chi connectivity index (χ0n) is 12.4. The van der Waals surface area contributed by atoms with Crippen LogP contribution in [-0.2, 0) is 12.3 Å². The molecule has 2 aromatic heterocycles. The number of nitrogens with zero attached hydrogens (tertiary/aromatic N) is 5. The van der Waals surface area contributed by atoms with Crippen molar-refractivity contribution in [3.8, 4) is 5.75 Å². The van der Waals surface area contributed by atoms with Crippen LogP contribution < -0.4 is 4.74 Å². The van der Waals surface area contributed by atoms with Gasteiger partial charge in [-0.15, -0.1) is 5.10 Å². The van der Waals surface area contributed by atoms with Crippen molar-refractivity contribution in [1.82, 2.24) is 29.9 Å². The summed E-state index contributed by atoms with van der Waals surface area (Å²) in [6, 6.07) is 7.93. The van der Waals surface area contributed by atoms with E-state index in [-0.39, 0.29) is 0 Å². The molecular weight excluding hydrogens is 300 g/mol.